The topological polar surface area (TPSA) is 443 Å². The molecule has 0 unspecified atom stereocenters. The predicted molar refractivity (Wildman–Crippen MR) is 389 cm³/mol. The van der Waals surface area contributed by atoms with Crippen LogP contribution in [-0.2, 0) is 146 Å². The van der Waals surface area contributed by atoms with Gasteiger partial charge in [-0.15, -0.1) is 0 Å². The van der Waals surface area contributed by atoms with Crippen LogP contribution in [0.25, 0.3) is 5.76 Å². The second-order valence-corrected chi connectivity index (χ2v) is 34.6. The van der Waals surface area contributed by atoms with Crippen molar-refractivity contribution in [2.45, 2.75) is 202 Å². The fraction of sp³-hybridized carbons (Fsp3) is 0.466. The zero-order valence-corrected chi connectivity index (χ0v) is 69.1. The van der Waals surface area contributed by atoms with Crippen molar-refractivity contribution in [3.8, 4) is 0 Å². The first kappa shape index (κ1) is 111. The summed E-state index contributed by atoms with van der Waals surface area (Å²) < 4.78 is 313. The van der Waals surface area contributed by atoms with E-state index in [2.05, 4.69) is 76.8 Å². The highest BCUT2D eigenvalue weighted by Gasteiger charge is 2.81. The monoisotopic (exact) mass is 1900 g/mol. The lowest BCUT2D eigenvalue weighted by Crippen LogP contribution is -2.63. The van der Waals surface area contributed by atoms with Crippen molar-refractivity contribution in [3.05, 3.63) is 134 Å². The van der Waals surface area contributed by atoms with Gasteiger partial charge in [-0.1, -0.05) is 78.8 Å². The zero-order chi connectivity index (χ0) is 96.2. The van der Waals surface area contributed by atoms with Crippen LogP contribution in [0.3, 0.4) is 0 Å². The maximum absolute atomic E-state index is 12.4. The number of hydrogen-bond donors (Lipinski definition) is 0. The van der Waals surface area contributed by atoms with E-state index in [0.29, 0.717) is 82.3 Å². The minimum absolute atomic E-state index is 0.0787. The zero-order valence-electron chi connectivity index (χ0n) is 65.6. The predicted octanol–water partition coefficient (Wildman–Crippen LogP) is 16.1. The standard InChI is InChI=1S/C9H21O6P3.C8H6O3S.C7H10O3.C6H2F6O2.C6H3F3O2.C6H8O3.C6H8O2.C5H2F4O2.C5H4F2O2.C5H2F2O2.C5H6O2.C5H4O2/c1-4-7-16(10)13-17(11,8-5-2)15-18(12,14-16)9-6-3;1-6-7-4-2-3-5-8(7)12(9,10)11-6;8-6-4-2-1-3-5-7(9)10-6;1-2-4(7,8)6(11,12)5(9,10)3(13)14-2;1-3-4(6(7,8)9)2-5(10)11-3;7-5-3-1-2-4-6(8)9-5;7-5-2-1-3-6(8)4-5;1-2-4(6,7)5(8,9)3(10)11-2;1-3-2-5(6,7)4(8)9-3;1-2-3(6)4(7)5(8)9-2;2*6-4-1-2-5(7)3-4/h4-9H2,1-3H3;2-5H,1H2;1-5H2;1H2;2H,1H2;1-4H2;1-4H2;1H2;1-2H2;1H2;1-3H2;1-2H,3H2. The molecule has 6 saturated heterocycles. The second-order valence-electron chi connectivity index (χ2n) is 26.1. The van der Waals surface area contributed by atoms with Crippen LogP contribution in [0, 0.1) is 0 Å². The summed E-state index contributed by atoms with van der Waals surface area (Å²) in [4.78, 5) is 155. The molecule has 694 valence electrons. The van der Waals surface area contributed by atoms with Crippen LogP contribution in [0.5, 0.6) is 0 Å². The van der Waals surface area contributed by atoms with Gasteiger partial charge in [0.2, 0.25) is 11.7 Å². The number of halogens is 17. The molecule has 12 aliphatic rings. The third-order valence-corrected chi connectivity index (χ3v) is 25.8. The normalized spacial score (nSPS) is 24.7. The van der Waals surface area contributed by atoms with E-state index in [0.717, 1.165) is 38.5 Å². The first-order valence-electron chi connectivity index (χ1n) is 35.8. The van der Waals surface area contributed by atoms with E-state index in [1.54, 1.807) is 39.0 Å². The molecule has 52 heteroatoms. The fourth-order valence-electron chi connectivity index (χ4n) is 9.46. The third-order valence-electron chi connectivity index (χ3n) is 15.5. The minimum atomic E-state index is -5.83. The van der Waals surface area contributed by atoms with Crippen LogP contribution in [0.1, 0.15) is 161 Å². The number of rotatable bonds is 6. The molecule has 0 spiro atoms. The average molecular weight is 1900 g/mol. The van der Waals surface area contributed by atoms with Gasteiger partial charge < -0.3 is 37.3 Å². The molecule has 8 fully saturated rings. The van der Waals surface area contributed by atoms with Gasteiger partial charge in [0.25, 0.3) is 0 Å². The fourth-order valence-corrected chi connectivity index (χ4v) is 19.9. The first-order valence-corrected chi connectivity index (χ1v) is 42.4. The summed E-state index contributed by atoms with van der Waals surface area (Å²) in [5.74, 6) is -46.9. The summed E-state index contributed by atoms with van der Waals surface area (Å²) in [6, 6.07) is 6.57. The molecule has 2 saturated carbocycles. The lowest BCUT2D eigenvalue weighted by Gasteiger charge is -2.35. The number of Topliss-reactive ketones (excluding diaryl/α,β-unsaturated/α-hetero) is 4. The van der Waals surface area contributed by atoms with Crippen LogP contribution in [0.4, 0.5) is 74.6 Å². The lowest BCUT2D eigenvalue weighted by atomic mass is 9.98. The maximum atomic E-state index is 12.4. The molecule has 0 atom stereocenters. The summed E-state index contributed by atoms with van der Waals surface area (Å²) in [5.41, 5.74) is -0.556. The van der Waals surface area contributed by atoms with Crippen molar-refractivity contribution in [3.63, 3.8) is 0 Å². The molecule has 0 bridgehead atoms. The number of benzene rings is 1. The third kappa shape index (κ3) is 33.8. The number of allylic oxidation sites excluding steroid dienone is 7. The summed E-state index contributed by atoms with van der Waals surface area (Å²) >= 11 is 0. The van der Waals surface area contributed by atoms with Crippen molar-refractivity contribution in [1.29, 1.82) is 0 Å². The highest BCUT2D eigenvalue weighted by molar-refractivity contribution is 7.87. The van der Waals surface area contributed by atoms with Gasteiger partial charge in [0.05, 0.1) is 44.2 Å². The second kappa shape index (κ2) is 46.8. The molecule has 3 aliphatic carbocycles. The van der Waals surface area contributed by atoms with Gasteiger partial charge in [-0.2, -0.15) is 83.1 Å². The minimum Gasteiger partial charge on any atom is -0.427 e. The average Bonchev–Trinajstić information content (AvgIpc) is 1.61. The Morgan fingerprint density at radius 3 is 1.07 bits per heavy atom. The highest BCUT2D eigenvalue weighted by atomic mass is 32.2. The molecule has 0 aromatic heterocycles. The molecule has 0 amide bonds. The molecule has 1 aromatic carbocycles. The van der Waals surface area contributed by atoms with Crippen LogP contribution in [0.15, 0.2) is 133 Å². The number of carbonyl (C=O) groups is 15. The summed E-state index contributed by atoms with van der Waals surface area (Å²) in [6.07, 6.45) is 8.96. The molecule has 13 rings (SSSR count). The van der Waals surface area contributed by atoms with Crippen LogP contribution < -0.4 is 0 Å². The number of esters is 9. The quantitative estimate of drug-likeness (QED) is 0.0637. The molecule has 9 aliphatic heterocycles. The highest BCUT2D eigenvalue weighted by Crippen LogP contribution is 2.82. The summed E-state index contributed by atoms with van der Waals surface area (Å²) in [7, 11) is -14.3. The number of ketones is 6. The Morgan fingerprint density at radius 2 is 0.816 bits per heavy atom. The van der Waals surface area contributed by atoms with E-state index in [-0.39, 0.29) is 113 Å². The van der Waals surface area contributed by atoms with E-state index in [9.17, 15) is 169 Å². The van der Waals surface area contributed by atoms with E-state index in [1.165, 1.54) is 18.2 Å². The molecule has 0 radical (unpaired) electrons. The number of carbonyl (C=O) groups excluding carboxylic acids is 15. The molecule has 0 N–H and O–H groups in total. The SMILES string of the molecule is C=C1CC(F)(F)C(=O)O1.C=C1OC(=O)C(F)(F)C(F)(F)C1(F)F.C=C1OC(=O)C(F)(F)C1(F)F.C=C1OC(=O)C(F)=C1F.C=C1OC(=O)C=C1C(F)(F)F.C=C1OS(=O)(=O)c2ccccc21.CCCP1(=O)OP(=O)(CCC)OP(=O)(CCC)O1.O=C1C=CC(=O)C1.O=C1CCC(=O)C1.O=C1CCCC(=O)C1.O=C1CCCCC(=O)O1.O=C1CCCCCC(=O)O1. The lowest BCUT2D eigenvalue weighted by molar-refractivity contribution is -0.318. The van der Waals surface area contributed by atoms with Gasteiger partial charge in [-0.25, -0.2) is 36.9 Å². The first-order chi connectivity index (χ1) is 57.3. The van der Waals surface area contributed by atoms with Crippen molar-refractivity contribution >= 4 is 127 Å². The molecule has 31 nitrogen and oxygen atoms in total. The Bertz CT molecular complexity index is 4570. The van der Waals surface area contributed by atoms with Crippen LogP contribution >= 0.6 is 22.8 Å². The van der Waals surface area contributed by atoms with Gasteiger partial charge in [0.1, 0.15) is 50.9 Å². The number of hydrogen-bond acceptors (Lipinski definition) is 31. The summed E-state index contributed by atoms with van der Waals surface area (Å²) in [6.45, 7) is 22.6. The number of cyclic esters (lactones) is 9. The number of fused-ring (bicyclic) bond motifs is 1. The van der Waals surface area contributed by atoms with Crippen molar-refractivity contribution in [2.75, 3.05) is 18.5 Å². The van der Waals surface area contributed by atoms with Gasteiger partial charge in [0, 0.05) is 63.0 Å². The Kier molecular flexibility index (Phi) is 41.4. The molecule has 9 heterocycles. The van der Waals surface area contributed by atoms with Crippen LogP contribution in [0.2, 0.25) is 0 Å². The van der Waals surface area contributed by atoms with E-state index >= 15 is 0 Å². The number of ether oxygens (including phenoxy) is 7. The maximum Gasteiger partial charge on any atom is 0.420 e. The molecular formula is C73H76F17O31P3S. The van der Waals surface area contributed by atoms with E-state index < -0.39 is 151 Å². The van der Waals surface area contributed by atoms with Crippen molar-refractivity contribution in [1.82, 2.24) is 0 Å². The molecule has 1 aromatic rings. The van der Waals surface area contributed by atoms with Crippen molar-refractivity contribution in [2.24, 2.45) is 0 Å². The molecular weight excluding hydrogens is 1820 g/mol. The smallest absolute Gasteiger partial charge is 0.420 e. The van der Waals surface area contributed by atoms with Gasteiger partial charge in [0.15, 0.2) is 28.8 Å². The Balaban J connectivity index is 0.000000466. The Labute approximate surface area is 697 Å². The van der Waals surface area contributed by atoms with Crippen LogP contribution in [-0.4, -0.2) is 157 Å². The number of alkyl halides is 15. The Hall–Kier alpha value is -10.3. The van der Waals surface area contributed by atoms with Gasteiger partial charge in [-0.3, -0.25) is 61.6 Å². The largest absolute Gasteiger partial charge is 0.427 e. The molecule has 125 heavy (non-hydrogen) atoms. The van der Waals surface area contributed by atoms with E-state index in [1.807, 2.05) is 0 Å². The van der Waals surface area contributed by atoms with Gasteiger partial charge in [-0.05, 0) is 75.7 Å². The summed E-state index contributed by atoms with van der Waals surface area (Å²) in [5, 5.41) is 0. The van der Waals surface area contributed by atoms with Crippen molar-refractivity contribution < 1.29 is 219 Å². The van der Waals surface area contributed by atoms with Gasteiger partial charge >= 0.3 is 128 Å². The Morgan fingerprint density at radius 1 is 0.424 bits per heavy atom. The van der Waals surface area contributed by atoms with E-state index in [4.69, 9.17) is 12.9 Å².